The molecule has 2 rings (SSSR count). The largest absolute Gasteiger partial charge is 0.336 e. The number of amides is 1. The summed E-state index contributed by atoms with van der Waals surface area (Å²) in [5.41, 5.74) is 1.90. The standard InChI is InChI=1S/C16H23BrN2O/c1-12(2)11-18-6-8-19(9-7-18)16(20)14-10-13(3)4-5-15(14)17/h4-5,10,12H,6-9,11H2,1-3H3. The Hall–Kier alpha value is -0.870. The number of piperazine rings is 1. The van der Waals surface area contributed by atoms with E-state index in [4.69, 9.17) is 0 Å². The molecule has 0 atom stereocenters. The van der Waals surface area contributed by atoms with Crippen LogP contribution >= 0.6 is 15.9 Å². The first-order valence-electron chi connectivity index (χ1n) is 7.25. The maximum Gasteiger partial charge on any atom is 0.255 e. The minimum atomic E-state index is 0.143. The van der Waals surface area contributed by atoms with E-state index in [1.165, 1.54) is 0 Å². The monoisotopic (exact) mass is 338 g/mol. The molecule has 20 heavy (non-hydrogen) atoms. The molecule has 0 spiro atoms. The van der Waals surface area contributed by atoms with E-state index in [1.54, 1.807) is 0 Å². The third-order valence-corrected chi connectivity index (χ3v) is 4.33. The Morgan fingerprint density at radius 3 is 2.50 bits per heavy atom. The first-order valence-corrected chi connectivity index (χ1v) is 8.04. The fourth-order valence-corrected chi connectivity index (χ4v) is 3.04. The van der Waals surface area contributed by atoms with E-state index in [1.807, 2.05) is 30.0 Å². The van der Waals surface area contributed by atoms with Gasteiger partial charge < -0.3 is 4.90 Å². The van der Waals surface area contributed by atoms with E-state index in [2.05, 4.69) is 34.7 Å². The van der Waals surface area contributed by atoms with Crippen molar-refractivity contribution in [2.75, 3.05) is 32.7 Å². The molecular weight excluding hydrogens is 316 g/mol. The van der Waals surface area contributed by atoms with Crippen LogP contribution in [0, 0.1) is 12.8 Å². The Morgan fingerprint density at radius 1 is 1.25 bits per heavy atom. The molecule has 1 fully saturated rings. The van der Waals surface area contributed by atoms with Gasteiger partial charge in [0.05, 0.1) is 5.56 Å². The van der Waals surface area contributed by atoms with Crippen molar-refractivity contribution < 1.29 is 4.79 Å². The van der Waals surface area contributed by atoms with Crippen LogP contribution in [0.2, 0.25) is 0 Å². The Morgan fingerprint density at radius 2 is 1.90 bits per heavy atom. The Balaban J connectivity index is 2.00. The number of hydrogen-bond acceptors (Lipinski definition) is 2. The van der Waals surface area contributed by atoms with Gasteiger partial charge in [-0.2, -0.15) is 0 Å². The van der Waals surface area contributed by atoms with Gasteiger partial charge in [0, 0.05) is 37.2 Å². The SMILES string of the molecule is Cc1ccc(Br)c(C(=O)N2CCN(CC(C)C)CC2)c1. The summed E-state index contributed by atoms with van der Waals surface area (Å²) < 4.78 is 0.887. The Kier molecular flexibility index (Phi) is 5.22. The minimum absolute atomic E-state index is 0.143. The Bertz CT molecular complexity index is 479. The zero-order valence-corrected chi connectivity index (χ0v) is 14.1. The highest BCUT2D eigenvalue weighted by Gasteiger charge is 2.23. The first-order chi connectivity index (χ1) is 9.47. The second-order valence-electron chi connectivity index (χ2n) is 5.97. The summed E-state index contributed by atoms with van der Waals surface area (Å²) in [7, 11) is 0. The summed E-state index contributed by atoms with van der Waals surface area (Å²) in [4.78, 5) is 17.0. The summed E-state index contributed by atoms with van der Waals surface area (Å²) in [6, 6.07) is 5.94. The molecular formula is C16H23BrN2O. The van der Waals surface area contributed by atoms with Gasteiger partial charge >= 0.3 is 0 Å². The summed E-state index contributed by atoms with van der Waals surface area (Å²) in [6.45, 7) is 11.2. The van der Waals surface area contributed by atoms with Crippen molar-refractivity contribution in [2.24, 2.45) is 5.92 Å². The van der Waals surface area contributed by atoms with Gasteiger partial charge in [-0.15, -0.1) is 0 Å². The molecule has 1 aliphatic rings. The molecule has 4 heteroatoms. The summed E-state index contributed by atoms with van der Waals surface area (Å²) >= 11 is 3.48. The molecule has 1 amide bonds. The van der Waals surface area contributed by atoms with Crippen LogP contribution in [0.1, 0.15) is 29.8 Å². The normalized spacial score (nSPS) is 16.8. The molecule has 1 aromatic carbocycles. The van der Waals surface area contributed by atoms with Crippen LogP contribution in [0.4, 0.5) is 0 Å². The number of benzene rings is 1. The molecule has 3 nitrogen and oxygen atoms in total. The summed E-state index contributed by atoms with van der Waals surface area (Å²) in [6.07, 6.45) is 0. The highest BCUT2D eigenvalue weighted by atomic mass is 79.9. The maximum absolute atomic E-state index is 12.6. The van der Waals surface area contributed by atoms with Crippen molar-refractivity contribution in [3.63, 3.8) is 0 Å². The third kappa shape index (κ3) is 3.83. The van der Waals surface area contributed by atoms with Gasteiger partial charge in [0.15, 0.2) is 0 Å². The lowest BCUT2D eigenvalue weighted by molar-refractivity contribution is 0.0623. The Labute approximate surface area is 130 Å². The second kappa shape index (κ2) is 6.72. The van der Waals surface area contributed by atoms with E-state index >= 15 is 0 Å². The van der Waals surface area contributed by atoms with Gasteiger partial charge in [0.1, 0.15) is 0 Å². The molecule has 0 aromatic heterocycles. The van der Waals surface area contributed by atoms with Crippen molar-refractivity contribution in [1.82, 2.24) is 9.80 Å². The lowest BCUT2D eigenvalue weighted by atomic mass is 10.1. The average Bonchev–Trinajstić information content (AvgIpc) is 2.41. The van der Waals surface area contributed by atoms with Crippen LogP contribution in [-0.4, -0.2) is 48.4 Å². The molecule has 0 saturated carbocycles. The van der Waals surface area contributed by atoms with Crippen LogP contribution < -0.4 is 0 Å². The van der Waals surface area contributed by atoms with E-state index in [9.17, 15) is 4.79 Å². The summed E-state index contributed by atoms with van der Waals surface area (Å²) in [5.74, 6) is 0.827. The van der Waals surface area contributed by atoms with Gasteiger partial charge in [0.25, 0.3) is 5.91 Å². The van der Waals surface area contributed by atoms with Gasteiger partial charge in [-0.1, -0.05) is 25.5 Å². The number of rotatable bonds is 3. The molecule has 0 radical (unpaired) electrons. The van der Waals surface area contributed by atoms with Crippen molar-refractivity contribution in [3.8, 4) is 0 Å². The highest BCUT2D eigenvalue weighted by molar-refractivity contribution is 9.10. The number of carbonyl (C=O) groups excluding carboxylic acids is 1. The van der Waals surface area contributed by atoms with Crippen LogP contribution in [0.15, 0.2) is 22.7 Å². The predicted molar refractivity (Wildman–Crippen MR) is 86.1 cm³/mol. The van der Waals surface area contributed by atoms with Gasteiger partial charge in [-0.25, -0.2) is 0 Å². The van der Waals surface area contributed by atoms with E-state index < -0.39 is 0 Å². The van der Waals surface area contributed by atoms with Crippen molar-refractivity contribution in [2.45, 2.75) is 20.8 Å². The van der Waals surface area contributed by atoms with E-state index in [-0.39, 0.29) is 5.91 Å². The van der Waals surface area contributed by atoms with Crippen LogP contribution in [0.25, 0.3) is 0 Å². The quantitative estimate of drug-likeness (QED) is 0.845. The third-order valence-electron chi connectivity index (χ3n) is 3.64. The molecule has 0 aliphatic carbocycles. The smallest absolute Gasteiger partial charge is 0.255 e. The molecule has 1 aromatic rings. The molecule has 110 valence electrons. The topological polar surface area (TPSA) is 23.6 Å². The molecule has 1 aliphatic heterocycles. The van der Waals surface area contributed by atoms with E-state index in [0.29, 0.717) is 5.92 Å². The van der Waals surface area contributed by atoms with E-state index in [0.717, 1.165) is 48.3 Å². The van der Waals surface area contributed by atoms with Crippen molar-refractivity contribution in [3.05, 3.63) is 33.8 Å². The molecule has 0 unspecified atom stereocenters. The second-order valence-corrected chi connectivity index (χ2v) is 6.82. The predicted octanol–water partition coefficient (Wildman–Crippen LogP) is 3.17. The van der Waals surface area contributed by atoms with Gasteiger partial charge in [-0.05, 0) is 40.9 Å². The number of aryl methyl sites for hydroxylation is 1. The number of carbonyl (C=O) groups is 1. The number of nitrogens with zero attached hydrogens (tertiary/aromatic N) is 2. The lowest BCUT2D eigenvalue weighted by Gasteiger charge is -2.35. The maximum atomic E-state index is 12.6. The molecule has 0 N–H and O–H groups in total. The fourth-order valence-electron chi connectivity index (χ4n) is 2.62. The molecule has 1 saturated heterocycles. The fraction of sp³-hybridized carbons (Fsp3) is 0.562. The zero-order chi connectivity index (χ0) is 14.7. The zero-order valence-electron chi connectivity index (χ0n) is 12.5. The highest BCUT2D eigenvalue weighted by Crippen LogP contribution is 2.20. The van der Waals surface area contributed by atoms with Gasteiger partial charge in [0.2, 0.25) is 0 Å². The van der Waals surface area contributed by atoms with Crippen LogP contribution in [0.5, 0.6) is 0 Å². The van der Waals surface area contributed by atoms with Crippen molar-refractivity contribution >= 4 is 21.8 Å². The molecule has 1 heterocycles. The van der Waals surface area contributed by atoms with Gasteiger partial charge in [-0.3, -0.25) is 9.69 Å². The first kappa shape index (κ1) is 15.5. The molecule has 0 bridgehead atoms. The van der Waals surface area contributed by atoms with Crippen molar-refractivity contribution in [1.29, 1.82) is 0 Å². The minimum Gasteiger partial charge on any atom is -0.336 e. The van der Waals surface area contributed by atoms with Crippen LogP contribution in [-0.2, 0) is 0 Å². The number of hydrogen-bond donors (Lipinski definition) is 0. The summed E-state index contributed by atoms with van der Waals surface area (Å²) in [5, 5.41) is 0. The number of halogens is 1. The lowest BCUT2D eigenvalue weighted by Crippen LogP contribution is -2.49. The average molecular weight is 339 g/mol. The van der Waals surface area contributed by atoms with Crippen LogP contribution in [0.3, 0.4) is 0 Å².